The van der Waals surface area contributed by atoms with Gasteiger partial charge in [0.2, 0.25) is 5.91 Å². The van der Waals surface area contributed by atoms with Crippen LogP contribution >= 0.6 is 11.3 Å². The Balaban J connectivity index is 1.57. The number of rotatable bonds is 8. The van der Waals surface area contributed by atoms with Gasteiger partial charge in [-0.25, -0.2) is 8.42 Å². The Morgan fingerprint density at radius 1 is 1.11 bits per heavy atom. The van der Waals surface area contributed by atoms with E-state index in [2.05, 4.69) is 5.10 Å². The fourth-order valence-corrected chi connectivity index (χ4v) is 4.99. The molecule has 0 N–H and O–H groups in total. The highest BCUT2D eigenvalue weighted by molar-refractivity contribution is 7.91. The standard InChI is InChI=1S/C19H22N4O3S2/c1-21(18(24)15-22(2)28(25,26)19-9-6-10-27-19)12-17-11-20-23(14-17)13-16-7-4-3-5-8-16/h3-11,14H,12-13,15H2,1-2H3. The predicted molar refractivity (Wildman–Crippen MR) is 108 cm³/mol. The van der Waals surface area contributed by atoms with Crippen LogP contribution in [0.3, 0.4) is 0 Å². The van der Waals surface area contributed by atoms with E-state index in [9.17, 15) is 13.2 Å². The van der Waals surface area contributed by atoms with Crippen LogP contribution in [0.25, 0.3) is 0 Å². The van der Waals surface area contributed by atoms with Crippen LogP contribution in [0.1, 0.15) is 11.1 Å². The van der Waals surface area contributed by atoms with E-state index < -0.39 is 10.0 Å². The molecule has 2 aromatic heterocycles. The Bertz CT molecular complexity index is 1010. The van der Waals surface area contributed by atoms with E-state index in [0.717, 1.165) is 26.8 Å². The largest absolute Gasteiger partial charge is 0.340 e. The lowest BCUT2D eigenvalue weighted by Crippen LogP contribution is -2.38. The molecule has 0 aliphatic rings. The summed E-state index contributed by atoms with van der Waals surface area (Å²) in [5, 5.41) is 6.03. The number of thiophene rings is 1. The minimum absolute atomic E-state index is 0.213. The maximum atomic E-state index is 12.5. The highest BCUT2D eigenvalue weighted by Gasteiger charge is 2.25. The number of sulfonamides is 1. The van der Waals surface area contributed by atoms with Gasteiger partial charge in [-0.2, -0.15) is 9.40 Å². The van der Waals surface area contributed by atoms with Gasteiger partial charge < -0.3 is 4.90 Å². The van der Waals surface area contributed by atoms with E-state index in [-0.39, 0.29) is 16.7 Å². The third-order valence-electron chi connectivity index (χ3n) is 4.24. The zero-order valence-corrected chi connectivity index (χ0v) is 17.4. The molecule has 9 heteroatoms. The van der Waals surface area contributed by atoms with Crippen molar-refractivity contribution in [2.75, 3.05) is 20.6 Å². The number of benzene rings is 1. The Morgan fingerprint density at radius 3 is 2.54 bits per heavy atom. The van der Waals surface area contributed by atoms with Crippen molar-refractivity contribution in [1.82, 2.24) is 19.0 Å². The molecule has 148 valence electrons. The van der Waals surface area contributed by atoms with Crippen molar-refractivity contribution in [3.63, 3.8) is 0 Å². The third kappa shape index (κ3) is 4.86. The number of amides is 1. The number of nitrogens with zero attached hydrogens (tertiary/aromatic N) is 4. The molecule has 7 nitrogen and oxygen atoms in total. The van der Waals surface area contributed by atoms with Gasteiger partial charge >= 0.3 is 0 Å². The van der Waals surface area contributed by atoms with Gasteiger partial charge in [-0.15, -0.1) is 11.3 Å². The molecular weight excluding hydrogens is 396 g/mol. The van der Waals surface area contributed by atoms with Crippen LogP contribution in [0.4, 0.5) is 0 Å². The molecule has 0 atom stereocenters. The lowest BCUT2D eigenvalue weighted by Gasteiger charge is -2.21. The van der Waals surface area contributed by atoms with Crippen molar-refractivity contribution in [2.45, 2.75) is 17.3 Å². The summed E-state index contributed by atoms with van der Waals surface area (Å²) in [4.78, 5) is 14.0. The summed E-state index contributed by atoms with van der Waals surface area (Å²) in [7, 11) is -0.569. The maximum absolute atomic E-state index is 12.5. The van der Waals surface area contributed by atoms with E-state index in [1.54, 1.807) is 24.7 Å². The number of carbonyl (C=O) groups excluding carboxylic acids is 1. The Labute approximate surface area is 168 Å². The van der Waals surface area contributed by atoms with Crippen molar-refractivity contribution in [1.29, 1.82) is 0 Å². The number of likely N-dealkylation sites (N-methyl/N-ethyl adjacent to an activating group) is 2. The van der Waals surface area contributed by atoms with Crippen molar-refractivity contribution in [2.24, 2.45) is 0 Å². The monoisotopic (exact) mass is 418 g/mol. The molecule has 1 aromatic carbocycles. The zero-order valence-electron chi connectivity index (χ0n) is 15.7. The third-order valence-corrected chi connectivity index (χ3v) is 7.41. The Hall–Kier alpha value is -2.49. The van der Waals surface area contributed by atoms with Gasteiger partial charge in [0.05, 0.1) is 19.3 Å². The first-order chi connectivity index (χ1) is 13.4. The molecule has 0 radical (unpaired) electrons. The summed E-state index contributed by atoms with van der Waals surface area (Å²) in [6.45, 7) is 0.801. The Kier molecular flexibility index (Phi) is 6.28. The average Bonchev–Trinajstić information content (AvgIpc) is 3.35. The number of carbonyl (C=O) groups is 1. The Morgan fingerprint density at radius 2 is 1.86 bits per heavy atom. The molecule has 2 heterocycles. The first-order valence-corrected chi connectivity index (χ1v) is 11.0. The zero-order chi connectivity index (χ0) is 20.1. The second kappa shape index (κ2) is 8.68. The summed E-state index contributed by atoms with van der Waals surface area (Å²) in [5.41, 5.74) is 2.03. The molecule has 0 fully saturated rings. The molecule has 1 amide bonds. The van der Waals surface area contributed by atoms with Gasteiger partial charge in [0, 0.05) is 32.4 Å². The highest BCUT2D eigenvalue weighted by Crippen LogP contribution is 2.19. The van der Waals surface area contributed by atoms with Crippen LogP contribution in [0.2, 0.25) is 0 Å². The molecule has 0 unspecified atom stereocenters. The first kappa shape index (κ1) is 20.2. The molecular formula is C19H22N4O3S2. The average molecular weight is 419 g/mol. The highest BCUT2D eigenvalue weighted by atomic mass is 32.2. The summed E-state index contributed by atoms with van der Waals surface area (Å²) in [6, 6.07) is 13.2. The van der Waals surface area contributed by atoms with Crippen LogP contribution in [0, 0.1) is 0 Å². The van der Waals surface area contributed by atoms with Crippen molar-refractivity contribution in [3.8, 4) is 0 Å². The van der Waals surface area contributed by atoms with E-state index in [1.165, 1.54) is 18.0 Å². The molecule has 0 spiro atoms. The van der Waals surface area contributed by atoms with E-state index >= 15 is 0 Å². The van der Waals surface area contributed by atoms with Crippen LogP contribution in [0.15, 0.2) is 64.4 Å². The van der Waals surface area contributed by atoms with E-state index in [0.29, 0.717) is 13.1 Å². The smallest absolute Gasteiger partial charge is 0.252 e. The van der Waals surface area contributed by atoms with Crippen molar-refractivity contribution < 1.29 is 13.2 Å². The predicted octanol–water partition coefficient (Wildman–Crippen LogP) is 2.27. The normalized spacial score (nSPS) is 11.7. The second-order valence-corrected chi connectivity index (χ2v) is 9.69. The van der Waals surface area contributed by atoms with Gasteiger partial charge in [-0.3, -0.25) is 9.48 Å². The van der Waals surface area contributed by atoms with E-state index in [4.69, 9.17) is 0 Å². The number of hydrogen-bond acceptors (Lipinski definition) is 5. The second-order valence-electron chi connectivity index (χ2n) is 6.47. The fraction of sp³-hybridized carbons (Fsp3) is 0.263. The number of hydrogen-bond donors (Lipinski definition) is 0. The molecule has 0 saturated carbocycles. The molecule has 0 aliphatic carbocycles. The quantitative estimate of drug-likeness (QED) is 0.562. The van der Waals surface area contributed by atoms with Crippen LogP contribution in [-0.2, 0) is 27.9 Å². The van der Waals surface area contributed by atoms with Crippen molar-refractivity contribution in [3.05, 3.63) is 71.4 Å². The molecule has 3 aromatic rings. The molecule has 28 heavy (non-hydrogen) atoms. The molecule has 0 bridgehead atoms. The van der Waals surface area contributed by atoms with Crippen LogP contribution < -0.4 is 0 Å². The number of aromatic nitrogens is 2. The first-order valence-electron chi connectivity index (χ1n) is 8.65. The minimum atomic E-state index is -3.64. The SMILES string of the molecule is CN(Cc1cnn(Cc2ccccc2)c1)C(=O)CN(C)S(=O)(=O)c1cccs1. The summed E-state index contributed by atoms with van der Waals surface area (Å²) < 4.78 is 28.0. The van der Waals surface area contributed by atoms with Gasteiger partial charge in [0.1, 0.15) is 4.21 Å². The van der Waals surface area contributed by atoms with Crippen LogP contribution in [0.5, 0.6) is 0 Å². The van der Waals surface area contributed by atoms with Gasteiger partial charge in [-0.1, -0.05) is 36.4 Å². The van der Waals surface area contributed by atoms with Gasteiger partial charge in [0.25, 0.3) is 10.0 Å². The lowest BCUT2D eigenvalue weighted by molar-refractivity contribution is -0.130. The van der Waals surface area contributed by atoms with Crippen molar-refractivity contribution >= 4 is 27.3 Å². The molecule has 3 rings (SSSR count). The summed E-state index contributed by atoms with van der Waals surface area (Å²) in [6.07, 6.45) is 3.61. The van der Waals surface area contributed by atoms with Gasteiger partial charge in [0.15, 0.2) is 0 Å². The summed E-state index contributed by atoms with van der Waals surface area (Å²) >= 11 is 1.13. The fourth-order valence-electron chi connectivity index (χ4n) is 2.67. The van der Waals surface area contributed by atoms with E-state index in [1.807, 2.05) is 41.2 Å². The molecule has 0 saturated heterocycles. The van der Waals surface area contributed by atoms with Crippen LogP contribution in [-0.4, -0.2) is 54.0 Å². The molecule has 0 aliphatic heterocycles. The van der Waals surface area contributed by atoms with Gasteiger partial charge in [-0.05, 0) is 17.0 Å². The minimum Gasteiger partial charge on any atom is -0.340 e. The lowest BCUT2D eigenvalue weighted by atomic mass is 10.2. The summed E-state index contributed by atoms with van der Waals surface area (Å²) in [5.74, 6) is -0.279. The topological polar surface area (TPSA) is 75.5 Å². The maximum Gasteiger partial charge on any atom is 0.252 e.